The third-order valence-electron chi connectivity index (χ3n) is 3.08. The molecular formula is C17H20N2O4S2. The van der Waals surface area contributed by atoms with Gasteiger partial charge in [0.15, 0.2) is 5.17 Å². The summed E-state index contributed by atoms with van der Waals surface area (Å²) in [5, 5.41) is 7.21. The van der Waals surface area contributed by atoms with Gasteiger partial charge in [-0.25, -0.2) is 0 Å². The number of hydrogen-bond acceptors (Lipinski definition) is 6. The van der Waals surface area contributed by atoms with E-state index >= 15 is 0 Å². The molecule has 3 N–H and O–H groups in total. The van der Waals surface area contributed by atoms with Crippen molar-refractivity contribution in [2.75, 3.05) is 12.4 Å². The van der Waals surface area contributed by atoms with Crippen molar-refractivity contribution in [3.63, 3.8) is 0 Å². The number of thioether (sulfide) groups is 1. The number of aryl methyl sites for hydroxylation is 1. The smallest absolute Gasteiger partial charge is 0.339 e. The van der Waals surface area contributed by atoms with E-state index in [2.05, 4.69) is 0 Å². The average molecular weight is 380 g/mol. The highest BCUT2D eigenvalue weighted by Gasteiger charge is 2.16. The summed E-state index contributed by atoms with van der Waals surface area (Å²) in [7, 11) is -3.88. The molecule has 0 aliphatic heterocycles. The number of rotatable bonds is 8. The van der Waals surface area contributed by atoms with E-state index in [4.69, 9.17) is 20.1 Å². The number of benzene rings is 2. The predicted molar refractivity (Wildman–Crippen MR) is 99.9 cm³/mol. The molecule has 0 unspecified atom stereocenters. The second-order valence-electron chi connectivity index (χ2n) is 5.25. The standard InChI is InChI=1S/C17H20N2O4S2/c1-13-10-14(22-8-5-9-24-17(18)19)12-15(11-13)23-25(20,21)16-6-3-2-4-7-16/h2-4,6-7,10-12H,5,8-9H2,1H3,(H3,18,19). The Morgan fingerprint density at radius 2 is 1.84 bits per heavy atom. The Kier molecular flexibility index (Phi) is 6.72. The minimum atomic E-state index is -3.88. The molecular weight excluding hydrogens is 360 g/mol. The van der Waals surface area contributed by atoms with Crippen molar-refractivity contribution in [3.05, 3.63) is 54.1 Å². The van der Waals surface area contributed by atoms with Crippen molar-refractivity contribution in [2.45, 2.75) is 18.2 Å². The van der Waals surface area contributed by atoms with E-state index in [1.165, 1.54) is 23.9 Å². The first-order valence-corrected chi connectivity index (χ1v) is 9.97. The van der Waals surface area contributed by atoms with E-state index in [1.54, 1.807) is 36.4 Å². The van der Waals surface area contributed by atoms with Gasteiger partial charge < -0.3 is 14.7 Å². The van der Waals surface area contributed by atoms with Crippen LogP contribution in [0, 0.1) is 12.3 Å². The normalized spacial score (nSPS) is 11.1. The van der Waals surface area contributed by atoms with Crippen molar-refractivity contribution >= 4 is 27.0 Å². The quantitative estimate of drug-likeness (QED) is 0.316. The topological polar surface area (TPSA) is 102 Å². The lowest BCUT2D eigenvalue weighted by atomic mass is 10.2. The van der Waals surface area contributed by atoms with Gasteiger partial charge in [-0.3, -0.25) is 5.41 Å². The molecule has 0 aromatic heterocycles. The van der Waals surface area contributed by atoms with Gasteiger partial charge in [-0.05, 0) is 43.2 Å². The molecule has 0 fully saturated rings. The molecule has 8 heteroatoms. The molecule has 25 heavy (non-hydrogen) atoms. The highest BCUT2D eigenvalue weighted by molar-refractivity contribution is 8.13. The van der Waals surface area contributed by atoms with Crippen LogP contribution in [-0.4, -0.2) is 25.9 Å². The van der Waals surface area contributed by atoms with Crippen molar-refractivity contribution in [1.82, 2.24) is 0 Å². The van der Waals surface area contributed by atoms with Gasteiger partial charge in [-0.15, -0.1) is 0 Å². The van der Waals surface area contributed by atoms with Gasteiger partial charge in [-0.2, -0.15) is 8.42 Å². The lowest BCUT2D eigenvalue weighted by molar-refractivity contribution is 0.317. The number of nitrogens with one attached hydrogen (secondary N) is 1. The number of ether oxygens (including phenoxy) is 1. The average Bonchev–Trinajstić information content (AvgIpc) is 2.54. The summed E-state index contributed by atoms with van der Waals surface area (Å²) in [5.74, 6) is 1.43. The molecule has 6 nitrogen and oxygen atoms in total. The lowest BCUT2D eigenvalue weighted by Gasteiger charge is -2.11. The fraction of sp³-hybridized carbons (Fsp3) is 0.235. The Morgan fingerprint density at radius 3 is 2.52 bits per heavy atom. The third-order valence-corrected chi connectivity index (χ3v) is 5.14. The van der Waals surface area contributed by atoms with E-state index in [-0.39, 0.29) is 15.8 Å². The molecule has 0 spiro atoms. The molecule has 0 aliphatic rings. The molecule has 134 valence electrons. The van der Waals surface area contributed by atoms with Gasteiger partial charge in [0, 0.05) is 11.8 Å². The van der Waals surface area contributed by atoms with Crippen LogP contribution in [0.3, 0.4) is 0 Å². The first-order valence-electron chi connectivity index (χ1n) is 7.58. The second-order valence-corrected chi connectivity index (χ2v) is 7.93. The van der Waals surface area contributed by atoms with Crippen molar-refractivity contribution in [2.24, 2.45) is 5.73 Å². The minimum Gasteiger partial charge on any atom is -0.493 e. The van der Waals surface area contributed by atoms with Crippen LogP contribution in [0.4, 0.5) is 0 Å². The van der Waals surface area contributed by atoms with Gasteiger partial charge in [0.05, 0.1) is 6.61 Å². The summed E-state index contributed by atoms with van der Waals surface area (Å²) in [6.07, 6.45) is 0.719. The van der Waals surface area contributed by atoms with Crippen LogP contribution in [-0.2, 0) is 10.1 Å². The number of amidine groups is 1. The van der Waals surface area contributed by atoms with Crippen LogP contribution in [0.25, 0.3) is 0 Å². The van der Waals surface area contributed by atoms with E-state index in [0.717, 1.165) is 12.0 Å². The minimum absolute atomic E-state index is 0.0809. The van der Waals surface area contributed by atoms with Crippen LogP contribution in [0.2, 0.25) is 0 Å². The maximum Gasteiger partial charge on any atom is 0.339 e. The summed E-state index contributed by atoms with van der Waals surface area (Å²) in [6.45, 7) is 2.27. The van der Waals surface area contributed by atoms with E-state index in [0.29, 0.717) is 18.1 Å². The summed E-state index contributed by atoms with van der Waals surface area (Å²) < 4.78 is 35.4. The van der Waals surface area contributed by atoms with Crippen LogP contribution in [0.1, 0.15) is 12.0 Å². The Hall–Kier alpha value is -2.19. The van der Waals surface area contributed by atoms with Crippen molar-refractivity contribution in [3.8, 4) is 11.5 Å². The summed E-state index contributed by atoms with van der Waals surface area (Å²) >= 11 is 1.26. The van der Waals surface area contributed by atoms with Crippen LogP contribution in [0.15, 0.2) is 53.4 Å². The van der Waals surface area contributed by atoms with Crippen molar-refractivity contribution in [1.29, 1.82) is 5.41 Å². The van der Waals surface area contributed by atoms with Gasteiger partial charge >= 0.3 is 10.1 Å². The highest BCUT2D eigenvalue weighted by Crippen LogP contribution is 2.25. The first-order chi connectivity index (χ1) is 11.9. The molecule has 0 bridgehead atoms. The second kappa shape index (κ2) is 8.77. The molecule has 0 aliphatic carbocycles. The highest BCUT2D eigenvalue weighted by atomic mass is 32.2. The van der Waals surface area contributed by atoms with Crippen molar-refractivity contribution < 1.29 is 17.3 Å². The lowest BCUT2D eigenvalue weighted by Crippen LogP contribution is -2.10. The molecule has 2 aromatic rings. The van der Waals surface area contributed by atoms with E-state index < -0.39 is 10.1 Å². The predicted octanol–water partition coefficient (Wildman–Crippen LogP) is 3.16. The maximum atomic E-state index is 12.3. The molecule has 0 amide bonds. The molecule has 0 saturated carbocycles. The SMILES string of the molecule is Cc1cc(OCCCSC(=N)N)cc(OS(=O)(=O)c2ccccc2)c1. The molecule has 2 rings (SSSR count). The number of hydrogen-bond donors (Lipinski definition) is 2. The molecule has 0 saturated heterocycles. The van der Waals surface area contributed by atoms with Crippen LogP contribution in [0.5, 0.6) is 11.5 Å². The van der Waals surface area contributed by atoms with Gasteiger partial charge in [-0.1, -0.05) is 30.0 Å². The van der Waals surface area contributed by atoms with Crippen LogP contribution < -0.4 is 14.7 Å². The fourth-order valence-corrected chi connectivity index (χ4v) is 3.46. The Bertz CT molecular complexity index is 824. The van der Waals surface area contributed by atoms with E-state index in [1.807, 2.05) is 6.92 Å². The zero-order valence-corrected chi connectivity index (χ0v) is 15.4. The zero-order chi connectivity index (χ0) is 18.3. The molecule has 0 radical (unpaired) electrons. The fourth-order valence-electron chi connectivity index (χ4n) is 2.04. The first kappa shape index (κ1) is 19.1. The van der Waals surface area contributed by atoms with E-state index in [9.17, 15) is 8.42 Å². The molecule has 0 atom stereocenters. The summed E-state index contributed by atoms with van der Waals surface area (Å²) in [5.41, 5.74) is 6.09. The summed E-state index contributed by atoms with van der Waals surface area (Å²) in [4.78, 5) is 0.0974. The zero-order valence-electron chi connectivity index (χ0n) is 13.8. The Morgan fingerprint density at radius 1 is 1.16 bits per heavy atom. The monoisotopic (exact) mass is 380 g/mol. The van der Waals surface area contributed by atoms with Crippen LogP contribution >= 0.6 is 11.8 Å². The maximum absolute atomic E-state index is 12.3. The number of nitrogens with two attached hydrogens (primary N) is 1. The van der Waals surface area contributed by atoms with Gasteiger partial charge in [0.1, 0.15) is 16.4 Å². The molecule has 2 aromatic carbocycles. The summed E-state index contributed by atoms with van der Waals surface area (Å²) in [6, 6.07) is 13.0. The van der Waals surface area contributed by atoms with Gasteiger partial charge in [0.2, 0.25) is 0 Å². The third kappa shape index (κ3) is 6.32. The molecule has 0 heterocycles. The Labute approximate surface area is 152 Å². The largest absolute Gasteiger partial charge is 0.493 e. The Balaban J connectivity index is 2.02. The van der Waals surface area contributed by atoms with Gasteiger partial charge in [0.25, 0.3) is 0 Å².